The molecule has 1 aromatic carbocycles. The average molecular weight is 448 g/mol. The molecule has 0 unspecified atom stereocenters. The summed E-state index contributed by atoms with van der Waals surface area (Å²) in [4.78, 5) is 19.2. The number of rotatable bonds is 6. The van der Waals surface area contributed by atoms with E-state index in [2.05, 4.69) is 17.6 Å². The number of likely N-dealkylation sites (tertiary alicyclic amines) is 1. The standard InChI is InChI=1S/C27H27F2N3O/c1-4-5-7-22(19(2)21-10-14-31-15-11-21)26(33)32-16-12-27(18-30,13-17-32)20(3)25-23(28)8-6-9-24(25)29/h4-11,14-15,20H,1,12-13,16-17H2,2-3H3/b7-5-,22-19-/t20-/m0/s1. The number of benzene rings is 1. The molecule has 0 radical (unpaired) electrons. The quantitative estimate of drug-likeness (QED) is 0.415. The lowest BCUT2D eigenvalue weighted by Crippen LogP contribution is -2.45. The van der Waals surface area contributed by atoms with Gasteiger partial charge in [0, 0.05) is 42.5 Å². The SMILES string of the molecule is C=C/C=C\C(C(=O)N1CCC(C#N)([C@@H](C)c2c(F)cccc2F)CC1)=C(/C)c1ccncc1. The molecule has 0 aliphatic carbocycles. The van der Waals surface area contributed by atoms with Gasteiger partial charge in [0.1, 0.15) is 11.6 Å². The summed E-state index contributed by atoms with van der Waals surface area (Å²) in [5.41, 5.74) is 1.19. The first-order chi connectivity index (χ1) is 15.8. The van der Waals surface area contributed by atoms with Gasteiger partial charge in [-0.05, 0) is 61.2 Å². The highest BCUT2D eigenvalue weighted by atomic mass is 19.1. The maximum absolute atomic E-state index is 14.4. The van der Waals surface area contributed by atoms with Gasteiger partial charge < -0.3 is 4.90 Å². The number of carbonyl (C=O) groups excluding carboxylic acids is 1. The van der Waals surface area contributed by atoms with E-state index >= 15 is 0 Å². The lowest BCUT2D eigenvalue weighted by Gasteiger charge is -2.41. The van der Waals surface area contributed by atoms with Crippen LogP contribution in [-0.2, 0) is 4.79 Å². The van der Waals surface area contributed by atoms with Crippen LogP contribution in [0.5, 0.6) is 0 Å². The third-order valence-electron chi connectivity index (χ3n) is 6.57. The van der Waals surface area contributed by atoms with Crippen molar-refractivity contribution in [3.63, 3.8) is 0 Å². The fourth-order valence-electron chi connectivity index (χ4n) is 4.40. The van der Waals surface area contributed by atoms with Gasteiger partial charge in [0.25, 0.3) is 5.91 Å². The number of amides is 1. The van der Waals surface area contributed by atoms with Gasteiger partial charge in [0.15, 0.2) is 0 Å². The normalized spacial score (nSPS) is 17.2. The van der Waals surface area contributed by atoms with Gasteiger partial charge in [0.05, 0.1) is 11.5 Å². The van der Waals surface area contributed by atoms with Gasteiger partial charge in [-0.15, -0.1) is 0 Å². The highest BCUT2D eigenvalue weighted by molar-refractivity contribution is 6.03. The maximum atomic E-state index is 14.4. The van der Waals surface area contributed by atoms with Gasteiger partial charge in [-0.2, -0.15) is 5.26 Å². The third-order valence-corrected chi connectivity index (χ3v) is 6.57. The Labute approximate surface area is 193 Å². The lowest BCUT2D eigenvalue weighted by molar-refractivity contribution is -0.128. The van der Waals surface area contributed by atoms with Crippen LogP contribution in [0.25, 0.3) is 5.57 Å². The van der Waals surface area contributed by atoms with E-state index in [1.807, 2.05) is 19.1 Å². The zero-order chi connectivity index (χ0) is 24.0. The fourth-order valence-corrected chi connectivity index (χ4v) is 4.40. The number of allylic oxidation sites excluding steroid dienone is 3. The van der Waals surface area contributed by atoms with E-state index in [-0.39, 0.29) is 11.5 Å². The molecule has 1 amide bonds. The molecule has 4 nitrogen and oxygen atoms in total. The van der Waals surface area contributed by atoms with E-state index in [0.717, 1.165) is 11.1 Å². The first-order valence-electron chi connectivity index (χ1n) is 10.9. The van der Waals surface area contributed by atoms with E-state index in [4.69, 9.17) is 0 Å². The zero-order valence-electron chi connectivity index (χ0n) is 18.9. The number of hydrogen-bond acceptors (Lipinski definition) is 3. The third kappa shape index (κ3) is 4.93. The Morgan fingerprint density at radius 1 is 1.21 bits per heavy atom. The van der Waals surface area contributed by atoms with Crippen molar-refractivity contribution in [3.05, 3.63) is 95.9 Å². The number of halogens is 2. The minimum atomic E-state index is -0.958. The van der Waals surface area contributed by atoms with E-state index in [9.17, 15) is 18.8 Å². The van der Waals surface area contributed by atoms with Crippen LogP contribution in [0.15, 0.2) is 73.1 Å². The van der Waals surface area contributed by atoms with E-state index in [1.165, 1.54) is 18.2 Å². The Morgan fingerprint density at radius 2 is 1.82 bits per heavy atom. The molecule has 1 aliphatic rings. The average Bonchev–Trinajstić information content (AvgIpc) is 2.84. The second-order valence-corrected chi connectivity index (χ2v) is 8.29. The summed E-state index contributed by atoms with van der Waals surface area (Å²) in [5.74, 6) is -2.10. The number of pyridine rings is 1. The predicted octanol–water partition coefficient (Wildman–Crippen LogP) is 5.81. The van der Waals surface area contributed by atoms with Gasteiger partial charge in [-0.3, -0.25) is 9.78 Å². The van der Waals surface area contributed by atoms with Gasteiger partial charge in [-0.25, -0.2) is 8.78 Å². The van der Waals surface area contributed by atoms with Crippen molar-refractivity contribution in [2.24, 2.45) is 5.41 Å². The number of hydrogen-bond donors (Lipinski definition) is 0. The fraction of sp³-hybridized carbons (Fsp3) is 0.296. The molecule has 1 atom stereocenters. The predicted molar refractivity (Wildman–Crippen MR) is 125 cm³/mol. The molecule has 0 spiro atoms. The molecule has 1 aromatic heterocycles. The molecule has 1 fully saturated rings. The van der Waals surface area contributed by atoms with Gasteiger partial charge in [-0.1, -0.05) is 31.7 Å². The molecule has 0 N–H and O–H groups in total. The summed E-state index contributed by atoms with van der Waals surface area (Å²) >= 11 is 0. The van der Waals surface area contributed by atoms with Crippen LogP contribution in [0.4, 0.5) is 8.78 Å². The highest BCUT2D eigenvalue weighted by Crippen LogP contribution is 2.45. The van der Waals surface area contributed by atoms with Crippen molar-refractivity contribution in [1.82, 2.24) is 9.88 Å². The number of aromatic nitrogens is 1. The van der Waals surface area contributed by atoms with Crippen LogP contribution in [-0.4, -0.2) is 28.9 Å². The molecule has 2 heterocycles. The first-order valence-corrected chi connectivity index (χ1v) is 10.9. The zero-order valence-corrected chi connectivity index (χ0v) is 18.9. The molecule has 1 saturated heterocycles. The Balaban J connectivity index is 1.86. The van der Waals surface area contributed by atoms with Crippen molar-refractivity contribution >= 4 is 11.5 Å². The van der Waals surface area contributed by atoms with Crippen LogP contribution in [0.3, 0.4) is 0 Å². The van der Waals surface area contributed by atoms with Crippen LogP contribution < -0.4 is 0 Å². The van der Waals surface area contributed by atoms with Crippen molar-refractivity contribution < 1.29 is 13.6 Å². The lowest BCUT2D eigenvalue weighted by atomic mass is 9.67. The minimum absolute atomic E-state index is 0.0677. The van der Waals surface area contributed by atoms with Crippen LogP contribution in [0.2, 0.25) is 0 Å². The first kappa shape index (κ1) is 24.1. The van der Waals surface area contributed by atoms with Gasteiger partial charge in [0.2, 0.25) is 0 Å². The topological polar surface area (TPSA) is 57.0 Å². The number of nitrogens with zero attached hydrogens (tertiary/aromatic N) is 3. The molecule has 6 heteroatoms. The molecule has 33 heavy (non-hydrogen) atoms. The van der Waals surface area contributed by atoms with Crippen LogP contribution in [0, 0.1) is 28.4 Å². The van der Waals surface area contributed by atoms with Crippen LogP contribution >= 0.6 is 0 Å². The van der Waals surface area contributed by atoms with E-state index in [0.29, 0.717) is 31.5 Å². The molecule has 170 valence electrons. The monoisotopic (exact) mass is 447 g/mol. The van der Waals surface area contributed by atoms with Crippen LogP contribution in [0.1, 0.15) is 43.7 Å². The van der Waals surface area contributed by atoms with Gasteiger partial charge >= 0.3 is 0 Å². The Kier molecular flexibility index (Phi) is 7.55. The number of piperidine rings is 1. The summed E-state index contributed by atoms with van der Waals surface area (Å²) in [6, 6.07) is 9.74. The van der Waals surface area contributed by atoms with E-state index < -0.39 is 23.0 Å². The second kappa shape index (κ2) is 10.4. The molecule has 2 aromatic rings. The number of carbonyl (C=O) groups is 1. The minimum Gasteiger partial charge on any atom is -0.339 e. The van der Waals surface area contributed by atoms with Crippen molar-refractivity contribution in [2.75, 3.05) is 13.1 Å². The summed E-state index contributed by atoms with van der Waals surface area (Å²) < 4.78 is 28.8. The summed E-state index contributed by atoms with van der Waals surface area (Å²) in [6.45, 7) is 7.90. The molecule has 3 rings (SSSR count). The van der Waals surface area contributed by atoms with Crippen molar-refractivity contribution in [3.8, 4) is 6.07 Å². The summed E-state index contributed by atoms with van der Waals surface area (Å²) in [5, 5.41) is 10.0. The highest BCUT2D eigenvalue weighted by Gasteiger charge is 2.43. The Hall–Kier alpha value is -3.59. The summed E-state index contributed by atoms with van der Waals surface area (Å²) in [7, 11) is 0. The largest absolute Gasteiger partial charge is 0.339 e. The maximum Gasteiger partial charge on any atom is 0.254 e. The molecular formula is C27H27F2N3O. The number of nitriles is 1. The molecule has 0 saturated carbocycles. The Bertz CT molecular complexity index is 1100. The second-order valence-electron chi connectivity index (χ2n) is 8.29. The molecule has 0 bridgehead atoms. The Morgan fingerprint density at radius 3 is 2.36 bits per heavy atom. The van der Waals surface area contributed by atoms with Crippen molar-refractivity contribution in [1.29, 1.82) is 5.26 Å². The van der Waals surface area contributed by atoms with E-state index in [1.54, 1.807) is 42.4 Å². The summed E-state index contributed by atoms with van der Waals surface area (Å²) in [6.07, 6.45) is 9.05. The van der Waals surface area contributed by atoms with Crippen molar-refractivity contribution in [2.45, 2.75) is 32.6 Å². The molecular weight excluding hydrogens is 420 g/mol. The molecule has 1 aliphatic heterocycles. The smallest absolute Gasteiger partial charge is 0.254 e.